The van der Waals surface area contributed by atoms with E-state index in [4.69, 9.17) is 33.2 Å². The van der Waals surface area contributed by atoms with E-state index in [1.807, 2.05) is 6.92 Å². The van der Waals surface area contributed by atoms with Gasteiger partial charge in [0.1, 0.15) is 61.0 Å². The highest BCUT2D eigenvalue weighted by atomic mass is 16.8. The molecule has 0 bridgehead atoms. The Morgan fingerprint density at radius 3 is 2.13 bits per heavy atom. The molecule has 0 spiro atoms. The fourth-order valence-electron chi connectivity index (χ4n) is 13.3. The molecule has 18 nitrogen and oxygen atoms in total. The summed E-state index contributed by atoms with van der Waals surface area (Å²) in [5, 5.41) is 117. The van der Waals surface area contributed by atoms with Crippen LogP contribution in [0.3, 0.4) is 0 Å². The van der Waals surface area contributed by atoms with Gasteiger partial charge in [-0.05, 0) is 98.7 Å². The SMILES string of the molecule is CC(CO)CCC1(O)OC2CC3C4CC=C5CC(OC6OC(CO)C(OC7OC(O)C(O)C(O)C7O)C(O)C6OC6OC(C)C(O)C(O)C6O)CCC5(C)C4CCC3(C)C2C1C. The van der Waals surface area contributed by atoms with E-state index in [2.05, 4.69) is 26.8 Å². The van der Waals surface area contributed by atoms with Crippen molar-refractivity contribution in [2.24, 2.45) is 46.3 Å². The number of hydrogen-bond acceptors (Lipinski definition) is 18. The van der Waals surface area contributed by atoms with Gasteiger partial charge in [0.2, 0.25) is 0 Å². The van der Waals surface area contributed by atoms with Crippen LogP contribution in [-0.4, -0.2) is 180 Å². The zero-order chi connectivity index (χ0) is 44.8. The van der Waals surface area contributed by atoms with E-state index in [0.717, 1.165) is 32.1 Å². The van der Waals surface area contributed by atoms with Crippen LogP contribution in [0.15, 0.2) is 11.6 Å². The second kappa shape index (κ2) is 17.9. The van der Waals surface area contributed by atoms with E-state index in [9.17, 15) is 56.2 Å². The van der Waals surface area contributed by atoms with Gasteiger partial charge in [-0.2, -0.15) is 0 Å². The Morgan fingerprint density at radius 2 is 1.44 bits per heavy atom. The normalized spacial score (nSPS) is 55.7. The fourth-order valence-corrected chi connectivity index (χ4v) is 13.3. The summed E-state index contributed by atoms with van der Waals surface area (Å²) in [7, 11) is 0. The van der Waals surface area contributed by atoms with Crippen molar-refractivity contribution < 1.29 is 89.3 Å². The highest BCUT2D eigenvalue weighted by Crippen LogP contribution is 2.70. The average Bonchev–Trinajstić information content (AvgIpc) is 3.68. The maximum atomic E-state index is 11.9. The third kappa shape index (κ3) is 8.06. The Bertz CT molecular complexity index is 1590. The number of hydrogen-bond donors (Lipinski definition) is 11. The molecule has 4 aliphatic heterocycles. The van der Waals surface area contributed by atoms with Crippen LogP contribution in [0.4, 0.5) is 0 Å². The Labute approximate surface area is 362 Å². The van der Waals surface area contributed by atoms with Crippen molar-refractivity contribution in [3.05, 3.63) is 11.6 Å². The molecule has 0 aromatic rings. The predicted molar refractivity (Wildman–Crippen MR) is 213 cm³/mol. The molecule has 62 heavy (non-hydrogen) atoms. The lowest BCUT2D eigenvalue weighted by Crippen LogP contribution is -2.66. The lowest BCUT2D eigenvalue weighted by molar-refractivity contribution is -0.397. The van der Waals surface area contributed by atoms with Crippen molar-refractivity contribution in [2.75, 3.05) is 13.2 Å². The van der Waals surface area contributed by atoms with Crippen LogP contribution in [0, 0.1) is 46.3 Å². The third-order valence-electron chi connectivity index (χ3n) is 17.1. The first-order valence-electron chi connectivity index (χ1n) is 22.9. The van der Waals surface area contributed by atoms with Crippen molar-refractivity contribution in [2.45, 2.75) is 203 Å². The summed E-state index contributed by atoms with van der Waals surface area (Å²) < 4.78 is 42.3. The van der Waals surface area contributed by atoms with Gasteiger partial charge in [0.15, 0.2) is 30.9 Å². The van der Waals surface area contributed by atoms with Gasteiger partial charge < -0.3 is 89.3 Å². The fraction of sp³-hybridized carbons (Fsp3) is 0.955. The summed E-state index contributed by atoms with van der Waals surface area (Å²) in [6.45, 7) is 9.75. The van der Waals surface area contributed by atoms with Gasteiger partial charge in [0.05, 0.1) is 24.9 Å². The van der Waals surface area contributed by atoms with Crippen LogP contribution in [0.1, 0.15) is 92.4 Å². The van der Waals surface area contributed by atoms with Crippen molar-refractivity contribution in [1.82, 2.24) is 0 Å². The number of ether oxygens (including phenoxy) is 7. The Balaban J connectivity index is 0.982. The summed E-state index contributed by atoms with van der Waals surface area (Å²) in [5.41, 5.74) is 1.21. The maximum Gasteiger partial charge on any atom is 0.189 e. The Kier molecular flexibility index (Phi) is 13.7. The van der Waals surface area contributed by atoms with Crippen LogP contribution >= 0.6 is 0 Å². The molecule has 0 radical (unpaired) electrons. The minimum absolute atomic E-state index is 0.00716. The molecule has 7 fully saturated rings. The summed E-state index contributed by atoms with van der Waals surface area (Å²) in [6.07, 6.45) is -15.3. The monoisotopic (exact) mass is 888 g/mol. The summed E-state index contributed by atoms with van der Waals surface area (Å²) in [5.74, 6) is 0.486. The van der Waals surface area contributed by atoms with Gasteiger partial charge in [-0.25, -0.2) is 0 Å². The van der Waals surface area contributed by atoms with Crippen LogP contribution < -0.4 is 0 Å². The zero-order valence-corrected chi connectivity index (χ0v) is 36.4. The van der Waals surface area contributed by atoms with Crippen LogP contribution in [0.25, 0.3) is 0 Å². The van der Waals surface area contributed by atoms with Crippen molar-refractivity contribution in [1.29, 1.82) is 0 Å². The van der Waals surface area contributed by atoms with Crippen molar-refractivity contribution >= 4 is 0 Å². The average molecular weight is 889 g/mol. The lowest BCUT2D eigenvalue weighted by Gasteiger charge is -2.58. The summed E-state index contributed by atoms with van der Waals surface area (Å²) in [6, 6.07) is 0. The second-order valence-electron chi connectivity index (χ2n) is 20.6. The Hall–Kier alpha value is -0.980. The van der Waals surface area contributed by atoms with Gasteiger partial charge in [0, 0.05) is 18.9 Å². The number of rotatable bonds is 11. The van der Waals surface area contributed by atoms with E-state index in [0.29, 0.717) is 43.4 Å². The minimum Gasteiger partial charge on any atom is -0.396 e. The van der Waals surface area contributed by atoms with Crippen molar-refractivity contribution in [3.63, 3.8) is 0 Å². The van der Waals surface area contributed by atoms with Gasteiger partial charge in [-0.3, -0.25) is 0 Å². The first-order chi connectivity index (χ1) is 29.3. The zero-order valence-electron chi connectivity index (χ0n) is 36.4. The lowest BCUT2D eigenvalue weighted by atomic mass is 9.47. The molecule has 0 aromatic carbocycles. The molecule has 3 saturated carbocycles. The van der Waals surface area contributed by atoms with Crippen LogP contribution in [-0.2, 0) is 33.2 Å². The minimum atomic E-state index is -1.95. The standard InChI is InChI=1S/C44H72O18/c1-18(16-45)8-13-44(55)19(2)28-26(62-44)15-25-23-7-6-21-14-22(9-11-42(21,4)24(23)10-12-43(25,28)5)57-41-37(60-39-33(51)30(48)29(47)20(3)56-39)35(53)36(27(17-46)58-41)59-40-34(52)31(49)32(50)38(54)61-40/h6,18-20,22-41,45-55H,7-17H2,1-5H3. The van der Waals surface area contributed by atoms with E-state index < -0.39 is 111 Å². The van der Waals surface area contributed by atoms with Gasteiger partial charge in [-0.1, -0.05) is 39.3 Å². The largest absolute Gasteiger partial charge is 0.396 e. The predicted octanol–water partition coefficient (Wildman–Crippen LogP) is -0.874. The molecule has 18 heteroatoms. The van der Waals surface area contributed by atoms with Gasteiger partial charge in [0.25, 0.3) is 0 Å². The molecule has 26 unspecified atom stereocenters. The number of aliphatic hydroxyl groups excluding tert-OH is 10. The van der Waals surface area contributed by atoms with Crippen molar-refractivity contribution in [3.8, 4) is 0 Å². The molecular weight excluding hydrogens is 816 g/mol. The number of allylic oxidation sites excluding steroid dienone is 1. The Morgan fingerprint density at radius 1 is 0.758 bits per heavy atom. The van der Waals surface area contributed by atoms with E-state index >= 15 is 0 Å². The van der Waals surface area contributed by atoms with E-state index in [-0.39, 0.29) is 41.3 Å². The van der Waals surface area contributed by atoms with Crippen LogP contribution in [0.5, 0.6) is 0 Å². The molecule has 4 heterocycles. The summed E-state index contributed by atoms with van der Waals surface area (Å²) >= 11 is 0. The smallest absolute Gasteiger partial charge is 0.189 e. The van der Waals surface area contributed by atoms with Crippen LogP contribution in [0.2, 0.25) is 0 Å². The van der Waals surface area contributed by atoms with E-state index in [1.54, 1.807) is 0 Å². The van der Waals surface area contributed by atoms with Gasteiger partial charge in [-0.15, -0.1) is 0 Å². The first-order valence-corrected chi connectivity index (χ1v) is 22.9. The van der Waals surface area contributed by atoms with Gasteiger partial charge >= 0.3 is 0 Å². The molecule has 8 rings (SSSR count). The topological polar surface area (TPSA) is 287 Å². The molecule has 8 aliphatic rings. The summed E-state index contributed by atoms with van der Waals surface area (Å²) in [4.78, 5) is 0. The molecule has 4 saturated heterocycles. The molecule has 356 valence electrons. The molecular formula is C44H72O18. The molecule has 11 N–H and O–H groups in total. The highest BCUT2D eigenvalue weighted by molar-refractivity contribution is 5.26. The molecule has 26 atom stereocenters. The number of fused-ring (bicyclic) bond motifs is 7. The van der Waals surface area contributed by atoms with E-state index in [1.165, 1.54) is 12.5 Å². The highest BCUT2D eigenvalue weighted by Gasteiger charge is 2.68. The third-order valence-corrected chi connectivity index (χ3v) is 17.1. The quantitative estimate of drug-likeness (QED) is 0.112. The molecule has 4 aliphatic carbocycles. The molecule has 0 amide bonds. The maximum absolute atomic E-state index is 11.9. The first kappa shape index (κ1) is 47.5. The second-order valence-corrected chi connectivity index (χ2v) is 20.6. The molecule has 0 aromatic heterocycles. The number of aliphatic hydroxyl groups is 11.